The fourth-order valence-electron chi connectivity index (χ4n) is 3.73. The number of hydrogen-bond acceptors (Lipinski definition) is 4. The Morgan fingerprint density at radius 2 is 1.90 bits per heavy atom. The number of carboxylic acids is 1. The summed E-state index contributed by atoms with van der Waals surface area (Å²) in [5.74, 6) is -2.00. The molecule has 2 rings (SSSR count). The Bertz CT molecular complexity index is 496. The number of aliphatic carboxylic acids is 1. The maximum atomic E-state index is 12.2. The van der Waals surface area contributed by atoms with E-state index in [0.29, 0.717) is 5.57 Å². The zero-order valence-corrected chi connectivity index (χ0v) is 13.0. The molecule has 118 valence electrons. The summed E-state index contributed by atoms with van der Waals surface area (Å²) in [6.07, 6.45) is -1.13. The molecule has 0 aliphatic carbocycles. The summed E-state index contributed by atoms with van der Waals surface area (Å²) in [6, 6.07) is -0.282. The molecule has 2 aliphatic heterocycles. The molecule has 0 spiro atoms. The van der Waals surface area contributed by atoms with Gasteiger partial charge in [0, 0.05) is 13.0 Å². The lowest BCUT2D eigenvalue weighted by Crippen LogP contribution is -2.63. The molecule has 21 heavy (non-hydrogen) atoms. The second kappa shape index (κ2) is 5.42. The van der Waals surface area contributed by atoms with Crippen molar-refractivity contribution < 1.29 is 24.5 Å². The predicted octanol–water partition coefficient (Wildman–Crippen LogP) is 0.854. The smallest absolute Gasteiger partial charge is 0.352 e. The van der Waals surface area contributed by atoms with Gasteiger partial charge in [-0.25, -0.2) is 4.79 Å². The summed E-state index contributed by atoms with van der Waals surface area (Å²) in [5, 5.41) is 19.3. The summed E-state index contributed by atoms with van der Waals surface area (Å²) in [5.41, 5.74) is 0.691. The lowest BCUT2D eigenvalue weighted by Gasteiger charge is -2.46. The molecule has 0 aromatic rings. The van der Waals surface area contributed by atoms with E-state index in [1.165, 1.54) is 4.90 Å². The molecule has 1 unspecified atom stereocenters. The number of carbonyl (C=O) groups excluding carboxylic acids is 1. The number of carbonyl (C=O) groups is 2. The molecule has 2 N–H and O–H groups in total. The first-order valence-corrected chi connectivity index (χ1v) is 7.25. The van der Waals surface area contributed by atoms with Gasteiger partial charge >= 0.3 is 5.97 Å². The van der Waals surface area contributed by atoms with E-state index in [-0.39, 0.29) is 35.6 Å². The van der Waals surface area contributed by atoms with Crippen molar-refractivity contribution in [3.05, 3.63) is 11.3 Å². The number of ether oxygens (including phenoxy) is 1. The van der Waals surface area contributed by atoms with Gasteiger partial charge in [0.25, 0.3) is 0 Å². The van der Waals surface area contributed by atoms with Crippen molar-refractivity contribution in [2.75, 3.05) is 7.11 Å². The van der Waals surface area contributed by atoms with Crippen LogP contribution in [-0.4, -0.2) is 52.3 Å². The normalized spacial score (nSPS) is 31.3. The van der Waals surface area contributed by atoms with Crippen LogP contribution in [0.2, 0.25) is 0 Å². The molecule has 0 aromatic heterocycles. The predicted molar refractivity (Wildman–Crippen MR) is 75.3 cm³/mol. The highest BCUT2D eigenvalue weighted by Gasteiger charge is 2.60. The van der Waals surface area contributed by atoms with E-state index in [4.69, 9.17) is 4.74 Å². The first kappa shape index (κ1) is 16.0. The van der Waals surface area contributed by atoms with Crippen LogP contribution in [0, 0.1) is 17.8 Å². The number of aliphatic hydroxyl groups is 1. The van der Waals surface area contributed by atoms with Crippen LogP contribution in [0.1, 0.15) is 27.7 Å². The van der Waals surface area contributed by atoms with E-state index >= 15 is 0 Å². The fraction of sp³-hybridized carbons (Fsp3) is 0.733. The number of aliphatic hydroxyl groups excluding tert-OH is 1. The standard InChI is InChI=1S/C15H23NO5/c1-6(2)13(21-5)9-7(3)11-10(8(4)17)14(18)16(11)12(9)15(19)20/h6-8,10-11,13,17H,1-5H3,(H,19,20)/t7-,8+,10+,11?,13-/m0/s1. The highest BCUT2D eigenvalue weighted by Crippen LogP contribution is 2.49. The van der Waals surface area contributed by atoms with E-state index < -0.39 is 18.0 Å². The van der Waals surface area contributed by atoms with Gasteiger partial charge in [0.15, 0.2) is 0 Å². The van der Waals surface area contributed by atoms with Gasteiger partial charge < -0.3 is 19.8 Å². The summed E-state index contributed by atoms with van der Waals surface area (Å²) in [4.78, 5) is 25.2. The Morgan fingerprint density at radius 1 is 1.33 bits per heavy atom. The van der Waals surface area contributed by atoms with E-state index in [9.17, 15) is 19.8 Å². The Morgan fingerprint density at radius 3 is 2.29 bits per heavy atom. The Hall–Kier alpha value is -1.40. The molecular weight excluding hydrogens is 274 g/mol. The van der Waals surface area contributed by atoms with Crippen LogP contribution in [0.3, 0.4) is 0 Å². The summed E-state index contributed by atoms with van der Waals surface area (Å²) in [6.45, 7) is 7.38. The van der Waals surface area contributed by atoms with Crippen molar-refractivity contribution in [2.45, 2.75) is 45.9 Å². The number of carboxylic acid groups (broad SMARTS) is 1. The SMILES string of the molecule is CO[C@H](C1=C(C(=O)O)N2C(=O)[C@H]([C@@H](C)O)C2[C@H]1C)C(C)C. The van der Waals surface area contributed by atoms with Crippen molar-refractivity contribution in [1.82, 2.24) is 4.90 Å². The average Bonchev–Trinajstić information content (AvgIpc) is 2.60. The average molecular weight is 297 g/mol. The first-order chi connectivity index (χ1) is 9.73. The molecule has 5 atom stereocenters. The summed E-state index contributed by atoms with van der Waals surface area (Å²) < 4.78 is 5.48. The molecule has 0 radical (unpaired) electrons. The molecule has 1 saturated heterocycles. The molecule has 2 heterocycles. The third-order valence-electron chi connectivity index (χ3n) is 4.59. The Labute approximate surface area is 124 Å². The minimum atomic E-state index is -1.11. The second-order valence-corrected chi connectivity index (χ2v) is 6.26. The Kier molecular flexibility index (Phi) is 4.13. The van der Waals surface area contributed by atoms with Crippen LogP contribution in [0.4, 0.5) is 0 Å². The zero-order valence-electron chi connectivity index (χ0n) is 13.0. The largest absolute Gasteiger partial charge is 0.477 e. The van der Waals surface area contributed by atoms with Crippen molar-refractivity contribution in [3.8, 4) is 0 Å². The van der Waals surface area contributed by atoms with Crippen LogP contribution in [0.15, 0.2) is 11.3 Å². The summed E-state index contributed by atoms with van der Waals surface area (Å²) >= 11 is 0. The maximum absolute atomic E-state index is 12.2. The second-order valence-electron chi connectivity index (χ2n) is 6.26. The molecule has 0 saturated carbocycles. The number of rotatable bonds is 5. The third kappa shape index (κ3) is 2.17. The van der Waals surface area contributed by atoms with Crippen molar-refractivity contribution in [2.24, 2.45) is 17.8 Å². The van der Waals surface area contributed by atoms with Gasteiger partial charge in [-0.05, 0) is 18.4 Å². The molecule has 0 bridgehead atoms. The van der Waals surface area contributed by atoms with Crippen LogP contribution in [0.5, 0.6) is 0 Å². The molecule has 2 aliphatic rings. The van der Waals surface area contributed by atoms with Crippen molar-refractivity contribution in [1.29, 1.82) is 0 Å². The molecule has 6 heteroatoms. The molecule has 1 amide bonds. The number of amides is 1. The van der Waals surface area contributed by atoms with E-state index in [2.05, 4.69) is 0 Å². The van der Waals surface area contributed by atoms with Gasteiger partial charge in [-0.3, -0.25) is 4.79 Å². The molecule has 1 fully saturated rings. The number of methoxy groups -OCH3 is 1. The van der Waals surface area contributed by atoms with Gasteiger partial charge in [-0.2, -0.15) is 0 Å². The quantitative estimate of drug-likeness (QED) is 0.735. The van der Waals surface area contributed by atoms with Crippen LogP contribution < -0.4 is 0 Å². The maximum Gasteiger partial charge on any atom is 0.352 e. The molecule has 0 aromatic carbocycles. The minimum absolute atomic E-state index is 0.0370. The van der Waals surface area contributed by atoms with Crippen LogP contribution in [0.25, 0.3) is 0 Å². The number of nitrogens with zero attached hydrogens (tertiary/aromatic N) is 1. The lowest BCUT2D eigenvalue weighted by atomic mass is 9.76. The van der Waals surface area contributed by atoms with Gasteiger partial charge in [0.2, 0.25) is 5.91 Å². The summed E-state index contributed by atoms with van der Waals surface area (Å²) in [7, 11) is 1.55. The van der Waals surface area contributed by atoms with Crippen molar-refractivity contribution in [3.63, 3.8) is 0 Å². The zero-order chi connectivity index (χ0) is 16.1. The number of β-lactam (4-membered cyclic amide) rings is 1. The topological polar surface area (TPSA) is 87.1 Å². The van der Waals surface area contributed by atoms with Gasteiger partial charge in [-0.1, -0.05) is 20.8 Å². The van der Waals surface area contributed by atoms with Gasteiger partial charge in [-0.15, -0.1) is 0 Å². The van der Waals surface area contributed by atoms with Crippen LogP contribution >= 0.6 is 0 Å². The van der Waals surface area contributed by atoms with Gasteiger partial charge in [0.05, 0.1) is 24.2 Å². The third-order valence-corrected chi connectivity index (χ3v) is 4.59. The fourth-order valence-corrected chi connectivity index (χ4v) is 3.73. The number of fused-ring (bicyclic) bond motifs is 1. The van der Waals surface area contributed by atoms with E-state index in [1.807, 2.05) is 20.8 Å². The monoisotopic (exact) mass is 297 g/mol. The first-order valence-electron chi connectivity index (χ1n) is 7.25. The van der Waals surface area contributed by atoms with Gasteiger partial charge in [0.1, 0.15) is 5.70 Å². The van der Waals surface area contributed by atoms with E-state index in [0.717, 1.165) is 0 Å². The highest BCUT2D eigenvalue weighted by molar-refractivity contribution is 6.00. The van der Waals surface area contributed by atoms with Crippen LogP contribution in [-0.2, 0) is 14.3 Å². The molecular formula is C15H23NO5. The Balaban J connectivity index is 2.48. The van der Waals surface area contributed by atoms with E-state index in [1.54, 1.807) is 14.0 Å². The minimum Gasteiger partial charge on any atom is -0.477 e. The lowest BCUT2D eigenvalue weighted by molar-refractivity contribution is -0.163. The van der Waals surface area contributed by atoms with Crippen molar-refractivity contribution >= 4 is 11.9 Å². The number of hydrogen-bond donors (Lipinski definition) is 2. The highest BCUT2D eigenvalue weighted by atomic mass is 16.5. The molecule has 6 nitrogen and oxygen atoms in total.